The fraction of sp³-hybridized carbons (Fsp3) is 0.500. The third-order valence-corrected chi connectivity index (χ3v) is 3.38. The van der Waals surface area contributed by atoms with E-state index >= 15 is 0 Å². The van der Waals surface area contributed by atoms with Crippen molar-refractivity contribution < 1.29 is 9.53 Å². The minimum absolute atomic E-state index is 0.451. The SMILES string of the molecule is CN1CCCCC1COc1ccccc1N=C=O. The van der Waals surface area contributed by atoms with Gasteiger partial charge in [-0.2, -0.15) is 4.99 Å². The van der Waals surface area contributed by atoms with Crippen molar-refractivity contribution in [2.24, 2.45) is 4.99 Å². The lowest BCUT2D eigenvalue weighted by atomic mass is 10.0. The zero-order chi connectivity index (χ0) is 12.8. The van der Waals surface area contributed by atoms with Gasteiger partial charge in [0.1, 0.15) is 18.0 Å². The molecule has 0 spiro atoms. The first-order chi connectivity index (χ1) is 8.81. The Hall–Kier alpha value is -1.64. The molecule has 1 aromatic carbocycles. The zero-order valence-corrected chi connectivity index (χ0v) is 10.6. The van der Waals surface area contributed by atoms with Crippen LogP contribution in [0.1, 0.15) is 19.3 Å². The van der Waals surface area contributed by atoms with Gasteiger partial charge in [-0.15, -0.1) is 0 Å². The molecule has 0 radical (unpaired) electrons. The van der Waals surface area contributed by atoms with Crippen molar-refractivity contribution >= 4 is 11.8 Å². The van der Waals surface area contributed by atoms with Gasteiger partial charge in [0.2, 0.25) is 6.08 Å². The highest BCUT2D eigenvalue weighted by atomic mass is 16.5. The molecule has 96 valence electrons. The Bertz CT molecular complexity index is 441. The average molecular weight is 246 g/mol. The molecule has 0 bridgehead atoms. The van der Waals surface area contributed by atoms with Gasteiger partial charge < -0.3 is 9.64 Å². The number of piperidine rings is 1. The molecular weight excluding hydrogens is 228 g/mol. The maximum absolute atomic E-state index is 10.3. The lowest BCUT2D eigenvalue weighted by molar-refractivity contribution is 0.125. The topological polar surface area (TPSA) is 41.9 Å². The zero-order valence-electron chi connectivity index (χ0n) is 10.6. The van der Waals surface area contributed by atoms with E-state index < -0.39 is 0 Å². The van der Waals surface area contributed by atoms with Crippen LogP contribution in [0.4, 0.5) is 5.69 Å². The van der Waals surface area contributed by atoms with Crippen molar-refractivity contribution in [2.75, 3.05) is 20.2 Å². The van der Waals surface area contributed by atoms with Crippen LogP contribution in [0.2, 0.25) is 0 Å². The first kappa shape index (κ1) is 12.8. The number of isocyanates is 1. The van der Waals surface area contributed by atoms with Gasteiger partial charge in [-0.3, -0.25) is 0 Å². The van der Waals surface area contributed by atoms with Crippen molar-refractivity contribution in [1.82, 2.24) is 4.90 Å². The van der Waals surface area contributed by atoms with Gasteiger partial charge in [0.05, 0.1) is 0 Å². The minimum atomic E-state index is 0.451. The molecule has 1 atom stereocenters. The molecule has 1 aliphatic heterocycles. The Morgan fingerprint density at radius 2 is 2.28 bits per heavy atom. The van der Waals surface area contributed by atoms with E-state index in [0.29, 0.717) is 24.1 Å². The number of aliphatic imine (C=N–C) groups is 1. The fourth-order valence-corrected chi connectivity index (χ4v) is 2.26. The Morgan fingerprint density at radius 3 is 3.06 bits per heavy atom. The van der Waals surface area contributed by atoms with Crippen molar-refractivity contribution in [3.63, 3.8) is 0 Å². The molecule has 18 heavy (non-hydrogen) atoms. The summed E-state index contributed by atoms with van der Waals surface area (Å²) in [6.45, 7) is 1.77. The first-order valence-electron chi connectivity index (χ1n) is 6.31. The number of benzene rings is 1. The van der Waals surface area contributed by atoms with E-state index in [4.69, 9.17) is 4.74 Å². The summed E-state index contributed by atoms with van der Waals surface area (Å²) in [5.41, 5.74) is 0.547. The second kappa shape index (κ2) is 6.34. The summed E-state index contributed by atoms with van der Waals surface area (Å²) < 4.78 is 5.79. The lowest BCUT2D eigenvalue weighted by Crippen LogP contribution is -2.40. The highest BCUT2D eigenvalue weighted by Gasteiger charge is 2.19. The second-order valence-electron chi connectivity index (χ2n) is 4.61. The highest BCUT2D eigenvalue weighted by Crippen LogP contribution is 2.27. The van der Waals surface area contributed by atoms with Crippen LogP contribution < -0.4 is 4.74 Å². The van der Waals surface area contributed by atoms with E-state index in [2.05, 4.69) is 16.9 Å². The minimum Gasteiger partial charge on any atom is -0.490 e. The van der Waals surface area contributed by atoms with Crippen LogP contribution in [0.5, 0.6) is 5.75 Å². The van der Waals surface area contributed by atoms with Gasteiger partial charge in [0.25, 0.3) is 0 Å². The van der Waals surface area contributed by atoms with E-state index in [9.17, 15) is 4.79 Å². The summed E-state index contributed by atoms with van der Waals surface area (Å²) in [6.07, 6.45) is 5.24. The quantitative estimate of drug-likeness (QED) is 0.605. The van der Waals surface area contributed by atoms with Crippen molar-refractivity contribution in [2.45, 2.75) is 25.3 Å². The van der Waals surface area contributed by atoms with Crippen molar-refractivity contribution in [3.8, 4) is 5.75 Å². The average Bonchev–Trinajstić information content (AvgIpc) is 2.40. The number of likely N-dealkylation sites (tertiary alicyclic amines) is 1. The molecular formula is C14H18N2O2. The van der Waals surface area contributed by atoms with Crippen LogP contribution in [-0.4, -0.2) is 37.2 Å². The molecule has 2 rings (SSSR count). The van der Waals surface area contributed by atoms with Gasteiger partial charge >= 0.3 is 0 Å². The molecule has 0 aliphatic carbocycles. The highest BCUT2D eigenvalue weighted by molar-refractivity contribution is 5.57. The van der Waals surface area contributed by atoms with Crippen LogP contribution in [-0.2, 0) is 4.79 Å². The van der Waals surface area contributed by atoms with Gasteiger partial charge in [-0.05, 0) is 38.6 Å². The third kappa shape index (κ3) is 3.19. The van der Waals surface area contributed by atoms with Gasteiger partial charge in [0.15, 0.2) is 0 Å². The number of carbonyl (C=O) groups excluding carboxylic acids is 1. The molecule has 1 fully saturated rings. The van der Waals surface area contributed by atoms with Crippen LogP contribution in [0.25, 0.3) is 0 Å². The number of para-hydroxylation sites is 2. The number of ether oxygens (including phenoxy) is 1. The Labute approximate surface area is 107 Å². The van der Waals surface area contributed by atoms with E-state index in [1.807, 2.05) is 18.2 Å². The van der Waals surface area contributed by atoms with Gasteiger partial charge in [0, 0.05) is 6.04 Å². The predicted molar refractivity (Wildman–Crippen MR) is 70.0 cm³/mol. The Morgan fingerprint density at radius 1 is 1.44 bits per heavy atom. The maximum Gasteiger partial charge on any atom is 0.240 e. The van der Waals surface area contributed by atoms with Gasteiger partial charge in [-0.25, -0.2) is 4.79 Å². The van der Waals surface area contributed by atoms with Crippen molar-refractivity contribution in [1.29, 1.82) is 0 Å². The van der Waals surface area contributed by atoms with E-state index in [0.717, 1.165) is 13.0 Å². The Balaban J connectivity index is 1.99. The number of hydrogen-bond acceptors (Lipinski definition) is 4. The van der Waals surface area contributed by atoms with Crippen LogP contribution >= 0.6 is 0 Å². The molecule has 4 heteroatoms. The summed E-state index contributed by atoms with van der Waals surface area (Å²) in [5.74, 6) is 0.653. The molecule has 0 aromatic heterocycles. The van der Waals surface area contributed by atoms with Crippen LogP contribution in [0, 0.1) is 0 Å². The summed E-state index contributed by atoms with van der Waals surface area (Å²) in [6, 6.07) is 7.75. The first-order valence-corrected chi connectivity index (χ1v) is 6.31. The largest absolute Gasteiger partial charge is 0.490 e. The van der Waals surface area contributed by atoms with E-state index in [1.165, 1.54) is 12.8 Å². The molecule has 1 heterocycles. The van der Waals surface area contributed by atoms with Crippen molar-refractivity contribution in [3.05, 3.63) is 24.3 Å². The predicted octanol–water partition coefficient (Wildman–Crippen LogP) is 2.52. The molecule has 0 amide bonds. The fourth-order valence-electron chi connectivity index (χ4n) is 2.26. The third-order valence-electron chi connectivity index (χ3n) is 3.38. The van der Waals surface area contributed by atoms with Crippen LogP contribution in [0.3, 0.4) is 0 Å². The van der Waals surface area contributed by atoms with Crippen LogP contribution in [0.15, 0.2) is 29.3 Å². The monoisotopic (exact) mass is 246 g/mol. The number of likely N-dealkylation sites (N-methyl/N-ethyl adjacent to an activating group) is 1. The number of hydrogen-bond donors (Lipinski definition) is 0. The second-order valence-corrected chi connectivity index (χ2v) is 4.61. The van der Waals surface area contributed by atoms with E-state index in [1.54, 1.807) is 12.1 Å². The molecule has 0 N–H and O–H groups in total. The molecule has 0 saturated carbocycles. The number of rotatable bonds is 4. The number of nitrogens with zero attached hydrogens (tertiary/aromatic N) is 2. The molecule has 4 nitrogen and oxygen atoms in total. The molecule has 1 aromatic rings. The summed E-state index contributed by atoms with van der Waals surface area (Å²) in [7, 11) is 2.13. The molecule has 1 saturated heterocycles. The molecule has 1 unspecified atom stereocenters. The normalized spacial score (nSPS) is 20.2. The maximum atomic E-state index is 10.3. The molecule has 1 aliphatic rings. The lowest BCUT2D eigenvalue weighted by Gasteiger charge is -2.32. The summed E-state index contributed by atoms with van der Waals surface area (Å²) in [4.78, 5) is 16.3. The summed E-state index contributed by atoms with van der Waals surface area (Å²) in [5, 5.41) is 0. The Kier molecular flexibility index (Phi) is 4.51. The standard InChI is InChI=1S/C14H18N2O2/c1-16-9-5-4-6-12(16)10-18-14-8-3-2-7-13(14)15-11-17/h2-3,7-8,12H,4-6,9-10H2,1H3. The van der Waals surface area contributed by atoms with E-state index in [-0.39, 0.29) is 0 Å². The smallest absolute Gasteiger partial charge is 0.240 e. The van der Waals surface area contributed by atoms with Gasteiger partial charge in [-0.1, -0.05) is 18.6 Å². The summed E-state index contributed by atoms with van der Waals surface area (Å²) >= 11 is 0.